The van der Waals surface area contributed by atoms with E-state index in [1.165, 1.54) is 18.2 Å². The van der Waals surface area contributed by atoms with Gasteiger partial charge in [0.2, 0.25) is 10.0 Å². The second-order valence-electron chi connectivity index (χ2n) is 5.06. The Morgan fingerprint density at radius 3 is 2.40 bits per heavy atom. The van der Waals surface area contributed by atoms with Gasteiger partial charge in [-0.15, -0.1) is 0 Å². The molecule has 0 aliphatic carbocycles. The number of anilines is 1. The molecule has 2 aromatic rings. The summed E-state index contributed by atoms with van der Waals surface area (Å²) >= 11 is 5.81. The first kappa shape index (κ1) is 19.2. The molecule has 134 valence electrons. The number of ether oxygens (including phenoxy) is 1. The van der Waals surface area contributed by atoms with Gasteiger partial charge in [0.15, 0.2) is 0 Å². The minimum Gasteiger partial charge on any atom is -0.492 e. The van der Waals surface area contributed by atoms with Crippen LogP contribution in [0, 0.1) is 0 Å². The van der Waals surface area contributed by atoms with E-state index in [-0.39, 0.29) is 22.8 Å². The first-order chi connectivity index (χ1) is 11.9. The highest BCUT2D eigenvalue weighted by Gasteiger charge is 2.21. The Morgan fingerprint density at radius 2 is 1.80 bits per heavy atom. The number of hydrogen-bond donors (Lipinski definition) is 2. The zero-order chi connectivity index (χ0) is 18.4. The second kappa shape index (κ2) is 8.33. The van der Waals surface area contributed by atoms with Crippen molar-refractivity contribution in [1.82, 2.24) is 4.72 Å². The molecule has 0 atom stereocenters. The van der Waals surface area contributed by atoms with Crippen molar-refractivity contribution in [2.24, 2.45) is 0 Å². The number of benzene rings is 2. The highest BCUT2D eigenvalue weighted by atomic mass is 35.5. The smallest absolute Gasteiger partial charge is 0.255 e. The van der Waals surface area contributed by atoms with Crippen molar-refractivity contribution in [3.63, 3.8) is 0 Å². The van der Waals surface area contributed by atoms with Gasteiger partial charge in [0, 0.05) is 22.8 Å². The lowest BCUT2D eigenvalue weighted by Crippen LogP contribution is -2.24. The summed E-state index contributed by atoms with van der Waals surface area (Å²) in [4.78, 5) is 12.3. The highest BCUT2D eigenvalue weighted by Crippen LogP contribution is 2.26. The molecule has 2 aromatic carbocycles. The number of nitrogens with one attached hydrogen (secondary N) is 2. The van der Waals surface area contributed by atoms with Crippen LogP contribution in [0.1, 0.15) is 24.2 Å². The molecule has 6 nitrogen and oxygen atoms in total. The van der Waals surface area contributed by atoms with Gasteiger partial charge in [-0.05, 0) is 49.4 Å². The number of hydrogen-bond acceptors (Lipinski definition) is 4. The van der Waals surface area contributed by atoms with Crippen LogP contribution in [0.15, 0.2) is 47.4 Å². The number of sulfonamides is 1. The molecule has 2 N–H and O–H groups in total. The van der Waals surface area contributed by atoms with Gasteiger partial charge < -0.3 is 10.1 Å². The third-order valence-corrected chi connectivity index (χ3v) is 5.05. The molecule has 0 spiro atoms. The van der Waals surface area contributed by atoms with Crippen LogP contribution in [0.2, 0.25) is 5.02 Å². The van der Waals surface area contributed by atoms with Gasteiger partial charge in [0.05, 0.1) is 6.61 Å². The zero-order valence-electron chi connectivity index (χ0n) is 13.9. The van der Waals surface area contributed by atoms with Crippen molar-refractivity contribution in [2.75, 3.05) is 18.5 Å². The normalized spacial score (nSPS) is 11.2. The fraction of sp³-hybridized carbons (Fsp3) is 0.235. The third-order valence-electron chi connectivity index (χ3n) is 3.23. The fourth-order valence-electron chi connectivity index (χ4n) is 2.14. The minimum atomic E-state index is -3.77. The van der Waals surface area contributed by atoms with Crippen molar-refractivity contribution in [3.05, 3.63) is 53.1 Å². The van der Waals surface area contributed by atoms with Crippen LogP contribution in [-0.2, 0) is 10.0 Å². The minimum absolute atomic E-state index is 0.0695. The summed E-state index contributed by atoms with van der Waals surface area (Å²) in [5.41, 5.74) is 0.759. The molecule has 25 heavy (non-hydrogen) atoms. The van der Waals surface area contributed by atoms with Gasteiger partial charge in [0.25, 0.3) is 5.91 Å². The van der Waals surface area contributed by atoms with Crippen molar-refractivity contribution < 1.29 is 17.9 Å². The molecule has 0 aromatic heterocycles. The van der Waals surface area contributed by atoms with E-state index in [2.05, 4.69) is 10.0 Å². The Balaban J connectivity index is 2.35. The monoisotopic (exact) mass is 382 g/mol. The molecule has 2 rings (SSSR count). The topological polar surface area (TPSA) is 84.5 Å². The Kier molecular flexibility index (Phi) is 6.41. The summed E-state index contributed by atoms with van der Waals surface area (Å²) in [6, 6.07) is 10.9. The summed E-state index contributed by atoms with van der Waals surface area (Å²) in [6.45, 7) is 3.97. The van der Waals surface area contributed by atoms with Crippen LogP contribution < -0.4 is 14.8 Å². The molecule has 8 heteroatoms. The van der Waals surface area contributed by atoms with Gasteiger partial charge in [-0.2, -0.15) is 0 Å². The summed E-state index contributed by atoms with van der Waals surface area (Å²) < 4.78 is 32.5. The fourth-order valence-corrected chi connectivity index (χ4v) is 3.47. The molecular weight excluding hydrogens is 364 g/mol. The Morgan fingerprint density at radius 1 is 1.12 bits per heavy atom. The summed E-state index contributed by atoms with van der Waals surface area (Å²) in [6.07, 6.45) is 0. The molecule has 0 saturated heterocycles. The predicted molar refractivity (Wildman–Crippen MR) is 97.9 cm³/mol. The number of amides is 1. The van der Waals surface area contributed by atoms with Crippen molar-refractivity contribution >= 4 is 33.2 Å². The molecule has 0 heterocycles. The standard InChI is InChI=1S/C17H19ClN2O4S/c1-3-19-25(22,23)16-11-12(5-10-15(16)24-4-2)17(21)20-14-8-6-13(18)7-9-14/h5-11,19H,3-4H2,1-2H3,(H,20,21). The third kappa shape index (κ3) is 4.94. The van der Waals surface area contributed by atoms with Gasteiger partial charge in [0.1, 0.15) is 10.6 Å². The van der Waals surface area contributed by atoms with Crippen molar-refractivity contribution in [2.45, 2.75) is 18.7 Å². The summed E-state index contributed by atoms with van der Waals surface area (Å²) in [5.74, 6) is -0.232. The summed E-state index contributed by atoms with van der Waals surface area (Å²) in [5, 5.41) is 3.25. The van der Waals surface area contributed by atoms with Gasteiger partial charge in [-0.3, -0.25) is 4.79 Å². The average Bonchev–Trinajstić information content (AvgIpc) is 2.57. The van der Waals surface area contributed by atoms with E-state index in [1.54, 1.807) is 38.1 Å². The molecule has 0 unspecified atom stereocenters. The zero-order valence-corrected chi connectivity index (χ0v) is 15.4. The van der Waals surface area contributed by atoms with Gasteiger partial charge in [-0.1, -0.05) is 18.5 Å². The van der Waals surface area contributed by atoms with Crippen LogP contribution >= 0.6 is 11.6 Å². The van der Waals surface area contributed by atoms with E-state index < -0.39 is 15.9 Å². The molecule has 0 fully saturated rings. The first-order valence-corrected chi connectivity index (χ1v) is 9.57. The van der Waals surface area contributed by atoms with E-state index in [4.69, 9.17) is 16.3 Å². The van der Waals surface area contributed by atoms with E-state index in [0.29, 0.717) is 17.3 Å². The van der Waals surface area contributed by atoms with Gasteiger partial charge in [-0.25, -0.2) is 13.1 Å². The Labute approximate surface area is 152 Å². The molecular formula is C17H19ClN2O4S. The van der Waals surface area contributed by atoms with E-state index >= 15 is 0 Å². The lowest BCUT2D eigenvalue weighted by Gasteiger charge is -2.13. The number of halogens is 1. The van der Waals surface area contributed by atoms with Crippen LogP contribution in [0.25, 0.3) is 0 Å². The largest absolute Gasteiger partial charge is 0.492 e. The second-order valence-corrected chi connectivity index (χ2v) is 7.23. The average molecular weight is 383 g/mol. The maximum Gasteiger partial charge on any atom is 0.255 e. The van der Waals surface area contributed by atoms with Gasteiger partial charge >= 0.3 is 0 Å². The van der Waals surface area contributed by atoms with Crippen molar-refractivity contribution in [3.8, 4) is 5.75 Å². The number of carbonyl (C=O) groups is 1. The van der Waals surface area contributed by atoms with E-state index in [0.717, 1.165) is 0 Å². The SMILES string of the molecule is CCNS(=O)(=O)c1cc(C(=O)Nc2ccc(Cl)cc2)ccc1OCC. The number of rotatable bonds is 7. The first-order valence-electron chi connectivity index (χ1n) is 7.70. The molecule has 0 bridgehead atoms. The lowest BCUT2D eigenvalue weighted by molar-refractivity contribution is 0.102. The maximum atomic E-state index is 12.4. The van der Waals surface area contributed by atoms with Crippen LogP contribution in [0.3, 0.4) is 0 Å². The van der Waals surface area contributed by atoms with E-state index in [9.17, 15) is 13.2 Å². The molecule has 0 saturated carbocycles. The van der Waals surface area contributed by atoms with E-state index in [1.807, 2.05) is 0 Å². The van der Waals surface area contributed by atoms with Crippen LogP contribution in [-0.4, -0.2) is 27.5 Å². The molecule has 0 radical (unpaired) electrons. The Hall–Kier alpha value is -2.09. The molecule has 1 amide bonds. The highest BCUT2D eigenvalue weighted by molar-refractivity contribution is 7.89. The quantitative estimate of drug-likeness (QED) is 0.769. The maximum absolute atomic E-state index is 12.4. The summed E-state index contributed by atoms with van der Waals surface area (Å²) in [7, 11) is -3.77. The number of carbonyl (C=O) groups excluding carboxylic acids is 1. The molecule has 0 aliphatic heterocycles. The Bertz CT molecular complexity index is 851. The van der Waals surface area contributed by atoms with Crippen LogP contribution in [0.5, 0.6) is 5.75 Å². The van der Waals surface area contributed by atoms with Crippen molar-refractivity contribution in [1.29, 1.82) is 0 Å². The van der Waals surface area contributed by atoms with Crippen LogP contribution in [0.4, 0.5) is 5.69 Å². The predicted octanol–water partition coefficient (Wildman–Crippen LogP) is 3.29. The lowest BCUT2D eigenvalue weighted by atomic mass is 10.2. The molecule has 0 aliphatic rings.